The Morgan fingerprint density at radius 2 is 1.79 bits per heavy atom. The molecule has 1 aromatic heterocycles. The molecule has 1 aliphatic rings. The molecule has 2 aromatic carbocycles. The van der Waals surface area contributed by atoms with Gasteiger partial charge in [0.2, 0.25) is 11.6 Å². The monoisotopic (exact) mass is 452 g/mol. The quantitative estimate of drug-likeness (QED) is 0.548. The standard InChI is InChI=1S/C24H24N2O7/c1-5-32-24(28)18-16(13-10-11-15(29-2)21(31-4)20(13)30-3)17-19(33-22(18)25)12-8-6-7-9-14(12)26-23(17)27/h6-11,16H,5,25H2,1-4H3,(H,26,27)/t16-/m0/s1. The summed E-state index contributed by atoms with van der Waals surface area (Å²) in [4.78, 5) is 29.2. The molecule has 33 heavy (non-hydrogen) atoms. The predicted molar refractivity (Wildman–Crippen MR) is 121 cm³/mol. The van der Waals surface area contributed by atoms with E-state index in [0.717, 1.165) is 0 Å². The van der Waals surface area contributed by atoms with Crippen molar-refractivity contribution in [2.24, 2.45) is 5.73 Å². The van der Waals surface area contributed by atoms with Crippen LogP contribution >= 0.6 is 0 Å². The maximum atomic E-state index is 13.3. The lowest BCUT2D eigenvalue weighted by Crippen LogP contribution is -2.32. The third kappa shape index (κ3) is 3.51. The fourth-order valence-electron chi connectivity index (χ4n) is 4.14. The highest BCUT2D eigenvalue weighted by molar-refractivity contribution is 5.95. The Bertz CT molecular complexity index is 1330. The molecule has 9 nitrogen and oxygen atoms in total. The van der Waals surface area contributed by atoms with Gasteiger partial charge in [-0.05, 0) is 25.1 Å². The third-order valence-corrected chi connectivity index (χ3v) is 5.50. The van der Waals surface area contributed by atoms with Crippen LogP contribution in [0, 0.1) is 0 Å². The van der Waals surface area contributed by atoms with E-state index in [0.29, 0.717) is 28.0 Å². The number of nitrogens with one attached hydrogen (secondary N) is 1. The first-order valence-corrected chi connectivity index (χ1v) is 10.2. The van der Waals surface area contributed by atoms with Crippen LogP contribution in [-0.2, 0) is 9.53 Å². The lowest BCUT2D eigenvalue weighted by Gasteiger charge is -2.29. The van der Waals surface area contributed by atoms with E-state index in [1.54, 1.807) is 37.3 Å². The van der Waals surface area contributed by atoms with E-state index in [1.807, 2.05) is 6.07 Å². The Morgan fingerprint density at radius 1 is 1.06 bits per heavy atom. The Balaban J connectivity index is 2.10. The zero-order chi connectivity index (χ0) is 23.7. The van der Waals surface area contributed by atoms with E-state index in [2.05, 4.69) is 4.98 Å². The summed E-state index contributed by atoms with van der Waals surface area (Å²) in [6.07, 6.45) is 0. The van der Waals surface area contributed by atoms with Crippen molar-refractivity contribution in [1.29, 1.82) is 0 Å². The molecule has 0 aliphatic carbocycles. The lowest BCUT2D eigenvalue weighted by atomic mass is 9.82. The zero-order valence-corrected chi connectivity index (χ0v) is 18.7. The number of carbonyl (C=O) groups excluding carboxylic acids is 1. The maximum absolute atomic E-state index is 13.3. The fourth-order valence-corrected chi connectivity index (χ4v) is 4.14. The first-order chi connectivity index (χ1) is 16.0. The van der Waals surface area contributed by atoms with Gasteiger partial charge in [-0.2, -0.15) is 0 Å². The molecule has 1 atom stereocenters. The molecule has 1 aliphatic heterocycles. The number of methoxy groups -OCH3 is 3. The van der Waals surface area contributed by atoms with Crippen LogP contribution in [0.3, 0.4) is 0 Å². The topological polar surface area (TPSA) is 122 Å². The van der Waals surface area contributed by atoms with Crippen LogP contribution in [0.25, 0.3) is 10.9 Å². The van der Waals surface area contributed by atoms with Crippen LogP contribution < -0.4 is 30.2 Å². The third-order valence-electron chi connectivity index (χ3n) is 5.50. The number of aromatic nitrogens is 1. The van der Waals surface area contributed by atoms with Gasteiger partial charge in [0.05, 0.1) is 44.9 Å². The van der Waals surface area contributed by atoms with Crippen LogP contribution in [0.2, 0.25) is 0 Å². The highest BCUT2D eigenvalue weighted by atomic mass is 16.5. The number of aromatic amines is 1. The minimum atomic E-state index is -0.948. The molecule has 0 unspecified atom stereocenters. The molecule has 172 valence electrons. The van der Waals surface area contributed by atoms with E-state index >= 15 is 0 Å². The van der Waals surface area contributed by atoms with Crippen molar-refractivity contribution in [2.75, 3.05) is 27.9 Å². The number of nitrogens with two attached hydrogens (primary N) is 1. The second-order valence-electron chi connectivity index (χ2n) is 7.20. The first-order valence-electron chi connectivity index (χ1n) is 10.2. The van der Waals surface area contributed by atoms with Crippen molar-refractivity contribution >= 4 is 16.9 Å². The van der Waals surface area contributed by atoms with Gasteiger partial charge in [0.15, 0.2) is 11.5 Å². The lowest BCUT2D eigenvalue weighted by molar-refractivity contribution is -0.139. The molecule has 2 heterocycles. The average Bonchev–Trinajstić information content (AvgIpc) is 2.82. The molecule has 4 rings (SSSR count). The fraction of sp³-hybridized carbons (Fsp3) is 0.250. The summed E-state index contributed by atoms with van der Waals surface area (Å²) in [6.45, 7) is 1.80. The number of pyridine rings is 1. The molecule has 9 heteroatoms. The van der Waals surface area contributed by atoms with Gasteiger partial charge in [-0.25, -0.2) is 4.79 Å². The molecule has 0 fully saturated rings. The summed E-state index contributed by atoms with van der Waals surface area (Å²) in [5, 5.41) is 0.641. The molecule has 0 spiro atoms. The zero-order valence-electron chi connectivity index (χ0n) is 18.7. The number of H-pyrrole nitrogens is 1. The summed E-state index contributed by atoms with van der Waals surface area (Å²) in [7, 11) is 4.43. The number of hydrogen-bond acceptors (Lipinski definition) is 8. The average molecular weight is 452 g/mol. The van der Waals surface area contributed by atoms with E-state index in [4.69, 9.17) is 29.4 Å². The summed E-state index contributed by atoms with van der Waals surface area (Å²) >= 11 is 0. The van der Waals surface area contributed by atoms with Crippen molar-refractivity contribution < 1.29 is 28.5 Å². The van der Waals surface area contributed by atoms with E-state index in [1.165, 1.54) is 21.3 Å². The molecule has 0 amide bonds. The molecular formula is C24H24N2O7. The first kappa shape index (κ1) is 22.1. The van der Waals surface area contributed by atoms with Crippen molar-refractivity contribution in [3.05, 3.63) is 69.3 Å². The molecule has 0 bridgehead atoms. The SMILES string of the molecule is CCOC(=O)C1=C(N)Oc2c(c(=O)[nH]c3ccccc23)[C@@H]1c1ccc(OC)c(OC)c1OC. The molecule has 3 aromatic rings. The van der Waals surface area contributed by atoms with Crippen molar-refractivity contribution in [3.63, 3.8) is 0 Å². The molecule has 0 saturated heterocycles. The second-order valence-corrected chi connectivity index (χ2v) is 7.20. The van der Waals surface area contributed by atoms with E-state index < -0.39 is 17.4 Å². The maximum Gasteiger partial charge on any atom is 0.340 e. The largest absolute Gasteiger partial charge is 0.493 e. The summed E-state index contributed by atoms with van der Waals surface area (Å²) in [6, 6.07) is 10.5. The van der Waals surface area contributed by atoms with Crippen LogP contribution in [0.4, 0.5) is 0 Å². The Kier molecular flexibility index (Phi) is 5.87. The van der Waals surface area contributed by atoms with Crippen molar-refractivity contribution in [1.82, 2.24) is 4.98 Å². The smallest absolute Gasteiger partial charge is 0.340 e. The van der Waals surface area contributed by atoms with Gasteiger partial charge in [-0.15, -0.1) is 0 Å². The van der Waals surface area contributed by atoms with Crippen LogP contribution in [-0.4, -0.2) is 38.9 Å². The van der Waals surface area contributed by atoms with Gasteiger partial charge in [0.25, 0.3) is 5.56 Å². The van der Waals surface area contributed by atoms with Gasteiger partial charge >= 0.3 is 5.97 Å². The molecular weight excluding hydrogens is 428 g/mol. The summed E-state index contributed by atoms with van der Waals surface area (Å²) in [5.41, 5.74) is 7.07. The summed E-state index contributed by atoms with van der Waals surface area (Å²) in [5.74, 6) is -0.514. The second kappa shape index (κ2) is 8.78. The minimum absolute atomic E-state index is 0.00403. The van der Waals surface area contributed by atoms with Crippen LogP contribution in [0.1, 0.15) is 24.0 Å². The number of ether oxygens (including phenoxy) is 5. The normalized spacial score (nSPS) is 15.0. The van der Waals surface area contributed by atoms with Gasteiger partial charge in [-0.1, -0.05) is 18.2 Å². The highest BCUT2D eigenvalue weighted by Crippen LogP contribution is 2.50. The van der Waals surface area contributed by atoms with E-state index in [9.17, 15) is 9.59 Å². The van der Waals surface area contributed by atoms with E-state index in [-0.39, 0.29) is 35.1 Å². The molecule has 0 saturated carbocycles. The van der Waals surface area contributed by atoms with Gasteiger partial charge in [0, 0.05) is 10.9 Å². The Morgan fingerprint density at radius 3 is 2.45 bits per heavy atom. The number of carbonyl (C=O) groups is 1. The Hall–Kier alpha value is -4.14. The Labute approximate surface area is 189 Å². The molecule has 0 radical (unpaired) electrons. The highest BCUT2D eigenvalue weighted by Gasteiger charge is 2.40. The number of fused-ring (bicyclic) bond motifs is 3. The number of hydrogen-bond donors (Lipinski definition) is 2. The van der Waals surface area contributed by atoms with Crippen LogP contribution in [0.5, 0.6) is 23.0 Å². The number of benzene rings is 2. The van der Waals surface area contributed by atoms with Gasteiger partial charge < -0.3 is 34.4 Å². The van der Waals surface area contributed by atoms with Crippen LogP contribution in [0.15, 0.2) is 52.6 Å². The number of esters is 1. The van der Waals surface area contributed by atoms with Crippen molar-refractivity contribution in [2.45, 2.75) is 12.8 Å². The van der Waals surface area contributed by atoms with Crippen molar-refractivity contribution in [3.8, 4) is 23.0 Å². The number of para-hydroxylation sites is 1. The summed E-state index contributed by atoms with van der Waals surface area (Å²) < 4.78 is 27.7. The molecule has 3 N–H and O–H groups in total. The van der Waals surface area contributed by atoms with Gasteiger partial charge in [0.1, 0.15) is 11.3 Å². The number of rotatable bonds is 6. The predicted octanol–water partition coefficient (Wildman–Crippen LogP) is 2.81. The van der Waals surface area contributed by atoms with Gasteiger partial charge in [-0.3, -0.25) is 4.79 Å². The minimum Gasteiger partial charge on any atom is -0.493 e.